The molecule has 1 aliphatic heterocycles. The van der Waals surface area contributed by atoms with Gasteiger partial charge >= 0.3 is 0 Å². The number of aromatic nitrogens is 4. The Morgan fingerprint density at radius 2 is 1.81 bits per heavy atom. The van der Waals surface area contributed by atoms with E-state index < -0.39 is 0 Å². The second kappa shape index (κ2) is 10.1. The molecule has 2 heterocycles. The quantitative estimate of drug-likeness (QED) is 0.531. The topological polar surface area (TPSA) is 68.5 Å². The van der Waals surface area contributed by atoms with Crippen LogP contribution in [0.25, 0.3) is 0 Å². The van der Waals surface area contributed by atoms with Gasteiger partial charge in [0.15, 0.2) is 5.82 Å². The Morgan fingerprint density at radius 1 is 1.03 bits per heavy atom. The Bertz CT molecular complexity index is 972. The minimum atomic E-state index is -0.0562. The molecule has 8 nitrogen and oxygen atoms in total. The van der Waals surface area contributed by atoms with Gasteiger partial charge in [-0.3, -0.25) is 4.90 Å². The summed E-state index contributed by atoms with van der Waals surface area (Å²) in [6, 6.07) is 16.1. The molecule has 2 aromatic carbocycles. The van der Waals surface area contributed by atoms with Gasteiger partial charge in [0.25, 0.3) is 0 Å². The lowest BCUT2D eigenvalue weighted by Crippen LogP contribution is -2.48. The Kier molecular flexibility index (Phi) is 7.01. The van der Waals surface area contributed by atoms with Gasteiger partial charge in [-0.25, -0.2) is 4.68 Å². The van der Waals surface area contributed by atoms with Crippen molar-refractivity contribution in [3.05, 3.63) is 64.9 Å². The highest BCUT2D eigenvalue weighted by Crippen LogP contribution is 2.30. The van der Waals surface area contributed by atoms with Gasteiger partial charge in [0, 0.05) is 44.0 Å². The van der Waals surface area contributed by atoms with E-state index >= 15 is 0 Å². The summed E-state index contributed by atoms with van der Waals surface area (Å²) in [5.74, 6) is 1.64. The van der Waals surface area contributed by atoms with Crippen LogP contribution in [0.15, 0.2) is 48.5 Å². The normalized spacial score (nSPS) is 15.8. The first-order chi connectivity index (χ1) is 15.2. The van der Waals surface area contributed by atoms with E-state index in [1.807, 2.05) is 35.0 Å². The second-order valence-corrected chi connectivity index (χ2v) is 7.87. The lowest BCUT2D eigenvalue weighted by Gasteiger charge is -2.40. The minimum Gasteiger partial charge on any atom is -0.497 e. The molecule has 1 aromatic heterocycles. The number of ether oxygens (including phenoxy) is 2. The van der Waals surface area contributed by atoms with Crippen LogP contribution in [0.4, 0.5) is 5.69 Å². The first kappa shape index (κ1) is 21.5. The van der Waals surface area contributed by atoms with Crippen molar-refractivity contribution in [3.8, 4) is 5.75 Å². The largest absolute Gasteiger partial charge is 0.497 e. The molecule has 0 spiro atoms. The molecular formula is C22H27ClN6O2. The molecular weight excluding hydrogens is 416 g/mol. The molecule has 0 amide bonds. The summed E-state index contributed by atoms with van der Waals surface area (Å²) >= 11 is 6.19. The predicted molar refractivity (Wildman–Crippen MR) is 120 cm³/mol. The molecule has 0 bridgehead atoms. The summed E-state index contributed by atoms with van der Waals surface area (Å²) in [6.45, 7) is 4.70. The highest BCUT2D eigenvalue weighted by Gasteiger charge is 2.30. The summed E-state index contributed by atoms with van der Waals surface area (Å²) in [5, 5.41) is 13.3. The van der Waals surface area contributed by atoms with E-state index in [0.717, 1.165) is 54.0 Å². The maximum Gasteiger partial charge on any atom is 0.173 e. The third kappa shape index (κ3) is 4.98. The molecule has 0 unspecified atom stereocenters. The van der Waals surface area contributed by atoms with Gasteiger partial charge in [-0.1, -0.05) is 29.8 Å². The monoisotopic (exact) mass is 442 g/mol. The lowest BCUT2D eigenvalue weighted by molar-refractivity contribution is 0.171. The summed E-state index contributed by atoms with van der Waals surface area (Å²) in [5.41, 5.74) is 2.28. The Morgan fingerprint density at radius 3 is 2.48 bits per heavy atom. The number of hydrogen-bond donors (Lipinski definition) is 0. The average molecular weight is 443 g/mol. The molecule has 0 N–H and O–H groups in total. The van der Waals surface area contributed by atoms with Crippen LogP contribution >= 0.6 is 11.6 Å². The van der Waals surface area contributed by atoms with Crippen LogP contribution in [-0.4, -0.2) is 72.1 Å². The van der Waals surface area contributed by atoms with E-state index in [1.54, 1.807) is 14.2 Å². The van der Waals surface area contributed by atoms with E-state index in [1.165, 1.54) is 0 Å². The zero-order valence-electron chi connectivity index (χ0n) is 17.8. The van der Waals surface area contributed by atoms with Crippen molar-refractivity contribution in [1.29, 1.82) is 0 Å². The van der Waals surface area contributed by atoms with Crippen LogP contribution in [0.2, 0.25) is 5.02 Å². The summed E-state index contributed by atoms with van der Waals surface area (Å²) in [4.78, 5) is 4.79. The van der Waals surface area contributed by atoms with Crippen molar-refractivity contribution >= 4 is 17.3 Å². The lowest BCUT2D eigenvalue weighted by atomic mass is 10.0. The zero-order valence-corrected chi connectivity index (χ0v) is 18.6. The third-order valence-electron chi connectivity index (χ3n) is 5.60. The van der Waals surface area contributed by atoms with Crippen LogP contribution in [0, 0.1) is 0 Å². The SMILES string of the molecule is COCCn1nnnc1[C@@H](c1ccc(OC)cc1)N1CCN(c2cccc(Cl)c2)CC1. The van der Waals surface area contributed by atoms with Crippen LogP contribution in [0.3, 0.4) is 0 Å². The Balaban J connectivity index is 1.58. The van der Waals surface area contributed by atoms with Crippen LogP contribution in [-0.2, 0) is 11.3 Å². The predicted octanol–water partition coefficient (Wildman–Crippen LogP) is 2.89. The maximum atomic E-state index is 6.19. The van der Waals surface area contributed by atoms with Crippen LogP contribution < -0.4 is 9.64 Å². The average Bonchev–Trinajstić information content (AvgIpc) is 3.27. The van der Waals surface area contributed by atoms with E-state index in [0.29, 0.717) is 13.2 Å². The minimum absolute atomic E-state index is 0.0562. The molecule has 0 aliphatic carbocycles. The molecule has 0 radical (unpaired) electrons. The Labute approximate surface area is 187 Å². The number of benzene rings is 2. The molecule has 9 heteroatoms. The smallest absolute Gasteiger partial charge is 0.173 e. The van der Waals surface area contributed by atoms with Crippen molar-refractivity contribution in [1.82, 2.24) is 25.1 Å². The number of methoxy groups -OCH3 is 2. The van der Waals surface area contributed by atoms with Crippen LogP contribution in [0.1, 0.15) is 17.4 Å². The van der Waals surface area contributed by atoms with E-state index in [2.05, 4.69) is 43.5 Å². The number of halogens is 1. The number of anilines is 1. The molecule has 0 saturated carbocycles. The maximum absolute atomic E-state index is 6.19. The standard InChI is InChI=1S/C22H27ClN6O2/c1-30-15-14-29-22(24-25-26-29)21(17-6-8-20(31-2)9-7-17)28-12-10-27(11-13-28)19-5-3-4-18(23)16-19/h3-9,16,21H,10-15H2,1-2H3/t21-/m1/s1. The number of tetrazole rings is 1. The second-order valence-electron chi connectivity index (χ2n) is 7.43. The van der Waals surface area contributed by atoms with Gasteiger partial charge in [0.05, 0.1) is 26.3 Å². The molecule has 1 fully saturated rings. The number of nitrogens with zero attached hydrogens (tertiary/aromatic N) is 6. The first-order valence-electron chi connectivity index (χ1n) is 10.3. The van der Waals surface area contributed by atoms with Gasteiger partial charge in [0.2, 0.25) is 0 Å². The molecule has 164 valence electrons. The fraction of sp³-hybridized carbons (Fsp3) is 0.409. The van der Waals surface area contributed by atoms with Gasteiger partial charge in [0.1, 0.15) is 5.75 Å². The molecule has 1 atom stereocenters. The van der Waals surface area contributed by atoms with Crippen molar-refractivity contribution in [2.24, 2.45) is 0 Å². The number of piperazine rings is 1. The van der Waals surface area contributed by atoms with Gasteiger partial charge in [-0.2, -0.15) is 0 Å². The van der Waals surface area contributed by atoms with Gasteiger partial charge in [-0.15, -0.1) is 5.10 Å². The van der Waals surface area contributed by atoms with Gasteiger partial charge in [-0.05, 0) is 46.3 Å². The number of hydrogen-bond acceptors (Lipinski definition) is 7. The highest BCUT2D eigenvalue weighted by atomic mass is 35.5. The molecule has 1 saturated heterocycles. The molecule has 31 heavy (non-hydrogen) atoms. The van der Waals surface area contributed by atoms with Crippen LogP contribution in [0.5, 0.6) is 5.75 Å². The Hall–Kier alpha value is -2.68. The first-order valence-corrected chi connectivity index (χ1v) is 10.7. The third-order valence-corrected chi connectivity index (χ3v) is 5.83. The van der Waals surface area contributed by atoms with Crippen molar-refractivity contribution in [2.75, 3.05) is 51.9 Å². The van der Waals surface area contributed by atoms with Crippen molar-refractivity contribution < 1.29 is 9.47 Å². The zero-order chi connectivity index (χ0) is 21.6. The fourth-order valence-electron chi connectivity index (χ4n) is 3.96. The summed E-state index contributed by atoms with van der Waals surface area (Å²) in [6.07, 6.45) is 0. The number of rotatable bonds is 8. The van der Waals surface area contributed by atoms with Crippen molar-refractivity contribution in [2.45, 2.75) is 12.6 Å². The molecule has 1 aliphatic rings. The fourth-order valence-corrected chi connectivity index (χ4v) is 4.15. The van der Waals surface area contributed by atoms with Gasteiger partial charge < -0.3 is 14.4 Å². The van der Waals surface area contributed by atoms with E-state index in [4.69, 9.17) is 21.1 Å². The van der Waals surface area contributed by atoms with Crippen molar-refractivity contribution in [3.63, 3.8) is 0 Å². The summed E-state index contributed by atoms with van der Waals surface area (Å²) in [7, 11) is 3.35. The molecule has 3 aromatic rings. The summed E-state index contributed by atoms with van der Waals surface area (Å²) < 4.78 is 12.4. The highest BCUT2D eigenvalue weighted by molar-refractivity contribution is 6.30. The molecule has 4 rings (SSSR count). The van der Waals surface area contributed by atoms with E-state index in [-0.39, 0.29) is 6.04 Å². The van der Waals surface area contributed by atoms with E-state index in [9.17, 15) is 0 Å².